The lowest BCUT2D eigenvalue weighted by Crippen LogP contribution is -1.93. The van der Waals surface area contributed by atoms with Gasteiger partial charge in [0.1, 0.15) is 6.61 Å². The monoisotopic (exact) mass is 112 g/mol. The zero-order valence-electron chi connectivity index (χ0n) is 4.79. The van der Waals surface area contributed by atoms with Crippen LogP contribution in [0.1, 0.15) is 13.3 Å². The van der Waals surface area contributed by atoms with Gasteiger partial charge in [-0.1, -0.05) is 5.16 Å². The van der Waals surface area contributed by atoms with Crippen LogP contribution in [0.15, 0.2) is 10.1 Å². The second-order valence-electron chi connectivity index (χ2n) is 1.67. The first-order valence-electron chi connectivity index (χ1n) is 2.56. The van der Waals surface area contributed by atoms with Crippen LogP contribution < -0.4 is 0 Å². The molecule has 0 unspecified atom stereocenters. The molecule has 44 valence electrons. The highest BCUT2D eigenvalue weighted by Crippen LogP contribution is 1.91. The van der Waals surface area contributed by atoms with Gasteiger partial charge in [0.05, 0.1) is 0 Å². The number of rotatable bonds is 0. The molecule has 0 saturated heterocycles. The summed E-state index contributed by atoms with van der Waals surface area (Å²) in [7, 11) is 0. The summed E-state index contributed by atoms with van der Waals surface area (Å²) in [6.07, 6.45) is 2.32. The lowest BCUT2D eigenvalue weighted by Gasteiger charge is -1.90. The van der Waals surface area contributed by atoms with Crippen LogP contribution >= 0.6 is 0 Å². The molecule has 1 rings (SSSR count). The number of aliphatic imine (C=N–C) groups is 1. The highest BCUT2D eigenvalue weighted by atomic mass is 16.6. The minimum atomic E-state index is 0.659. The average molecular weight is 112 g/mol. The molecule has 0 bridgehead atoms. The summed E-state index contributed by atoms with van der Waals surface area (Å²) < 4.78 is 0. The Balaban J connectivity index is 2.52. The molecule has 0 amide bonds. The van der Waals surface area contributed by atoms with Gasteiger partial charge in [-0.3, -0.25) is 0 Å². The van der Waals surface area contributed by atoms with E-state index in [2.05, 4.69) is 10.1 Å². The molecule has 0 aliphatic carbocycles. The first-order chi connectivity index (χ1) is 3.89. The van der Waals surface area contributed by atoms with Gasteiger partial charge in [-0.2, -0.15) is 0 Å². The van der Waals surface area contributed by atoms with E-state index in [0.29, 0.717) is 6.61 Å². The fourth-order valence-corrected chi connectivity index (χ4v) is 0.466. The van der Waals surface area contributed by atoms with Crippen molar-refractivity contribution in [3.8, 4) is 0 Å². The molecule has 0 spiro atoms. The van der Waals surface area contributed by atoms with Crippen LogP contribution in [-0.2, 0) is 4.84 Å². The van der Waals surface area contributed by atoms with E-state index in [0.717, 1.165) is 12.1 Å². The van der Waals surface area contributed by atoms with Gasteiger partial charge in [0, 0.05) is 12.1 Å². The van der Waals surface area contributed by atoms with Gasteiger partial charge in [0.2, 0.25) is 0 Å². The van der Waals surface area contributed by atoms with E-state index in [1.54, 1.807) is 0 Å². The Labute approximate surface area is 48.1 Å². The molecule has 0 aromatic heterocycles. The molecule has 0 fully saturated rings. The summed E-state index contributed by atoms with van der Waals surface area (Å²) in [4.78, 5) is 8.64. The summed E-state index contributed by atoms with van der Waals surface area (Å²) >= 11 is 0. The number of hydrogen-bond donors (Lipinski definition) is 0. The van der Waals surface area contributed by atoms with E-state index in [1.165, 1.54) is 6.34 Å². The van der Waals surface area contributed by atoms with Crippen molar-refractivity contribution in [2.45, 2.75) is 13.3 Å². The number of hydrogen-bond acceptors (Lipinski definition) is 3. The SMILES string of the molecule is CC1=NC=NOCC1. The first kappa shape index (κ1) is 5.28. The molecule has 0 saturated carbocycles. The van der Waals surface area contributed by atoms with E-state index in [9.17, 15) is 0 Å². The minimum Gasteiger partial charge on any atom is -0.394 e. The van der Waals surface area contributed by atoms with Gasteiger partial charge in [-0.15, -0.1) is 0 Å². The van der Waals surface area contributed by atoms with Crippen LogP contribution in [-0.4, -0.2) is 18.7 Å². The normalized spacial score (nSPS) is 18.9. The molecule has 1 aliphatic rings. The van der Waals surface area contributed by atoms with Crippen LogP contribution in [0, 0.1) is 0 Å². The lowest BCUT2D eigenvalue weighted by atomic mass is 10.3. The Morgan fingerprint density at radius 1 is 1.75 bits per heavy atom. The lowest BCUT2D eigenvalue weighted by molar-refractivity contribution is 0.154. The third kappa shape index (κ3) is 1.33. The predicted molar refractivity (Wildman–Crippen MR) is 32.2 cm³/mol. The van der Waals surface area contributed by atoms with Crippen LogP contribution in [0.4, 0.5) is 0 Å². The molecular weight excluding hydrogens is 104 g/mol. The Bertz CT molecular complexity index is 128. The molecular formula is C5H8N2O. The number of nitrogens with zero attached hydrogens (tertiary/aromatic N) is 2. The largest absolute Gasteiger partial charge is 0.394 e. The van der Waals surface area contributed by atoms with Crippen LogP contribution in [0.2, 0.25) is 0 Å². The molecule has 1 aliphatic heterocycles. The smallest absolute Gasteiger partial charge is 0.154 e. The molecule has 0 radical (unpaired) electrons. The van der Waals surface area contributed by atoms with E-state index >= 15 is 0 Å². The summed E-state index contributed by atoms with van der Waals surface area (Å²) in [5.74, 6) is 0. The van der Waals surface area contributed by atoms with Crippen molar-refractivity contribution in [3.05, 3.63) is 0 Å². The molecule has 0 aromatic rings. The maximum atomic E-state index is 4.72. The summed E-state index contributed by atoms with van der Waals surface area (Å²) in [5, 5.41) is 3.51. The molecule has 0 atom stereocenters. The highest BCUT2D eigenvalue weighted by molar-refractivity contribution is 5.88. The van der Waals surface area contributed by atoms with E-state index in [1.807, 2.05) is 6.92 Å². The summed E-state index contributed by atoms with van der Waals surface area (Å²) in [5.41, 5.74) is 1.08. The summed E-state index contributed by atoms with van der Waals surface area (Å²) in [6.45, 7) is 2.62. The second-order valence-corrected chi connectivity index (χ2v) is 1.67. The molecule has 0 N–H and O–H groups in total. The van der Waals surface area contributed by atoms with Gasteiger partial charge in [0.15, 0.2) is 6.34 Å². The van der Waals surface area contributed by atoms with Gasteiger partial charge >= 0.3 is 0 Å². The quantitative estimate of drug-likeness (QED) is 0.456. The van der Waals surface area contributed by atoms with Gasteiger partial charge < -0.3 is 4.84 Å². The Morgan fingerprint density at radius 2 is 2.62 bits per heavy atom. The van der Waals surface area contributed by atoms with Crippen molar-refractivity contribution in [2.75, 3.05) is 6.61 Å². The molecule has 1 heterocycles. The minimum absolute atomic E-state index is 0.659. The van der Waals surface area contributed by atoms with E-state index in [4.69, 9.17) is 4.84 Å². The number of oxime groups is 1. The third-order valence-electron chi connectivity index (χ3n) is 0.955. The topological polar surface area (TPSA) is 34.0 Å². The van der Waals surface area contributed by atoms with Crippen molar-refractivity contribution in [1.82, 2.24) is 0 Å². The fourth-order valence-electron chi connectivity index (χ4n) is 0.466. The fraction of sp³-hybridized carbons (Fsp3) is 0.600. The molecule has 3 heteroatoms. The third-order valence-corrected chi connectivity index (χ3v) is 0.955. The molecule has 3 nitrogen and oxygen atoms in total. The summed E-state index contributed by atoms with van der Waals surface area (Å²) in [6, 6.07) is 0. The maximum Gasteiger partial charge on any atom is 0.154 e. The zero-order valence-corrected chi connectivity index (χ0v) is 4.79. The highest BCUT2D eigenvalue weighted by Gasteiger charge is 1.92. The van der Waals surface area contributed by atoms with Crippen molar-refractivity contribution in [1.29, 1.82) is 0 Å². The van der Waals surface area contributed by atoms with E-state index < -0.39 is 0 Å². The zero-order chi connectivity index (χ0) is 5.82. The van der Waals surface area contributed by atoms with Crippen molar-refractivity contribution < 1.29 is 4.84 Å². The Hall–Kier alpha value is -0.860. The molecule has 8 heavy (non-hydrogen) atoms. The van der Waals surface area contributed by atoms with Crippen molar-refractivity contribution in [3.63, 3.8) is 0 Å². The van der Waals surface area contributed by atoms with E-state index in [-0.39, 0.29) is 0 Å². The van der Waals surface area contributed by atoms with Crippen molar-refractivity contribution >= 4 is 12.1 Å². The van der Waals surface area contributed by atoms with Gasteiger partial charge in [-0.25, -0.2) is 4.99 Å². The van der Waals surface area contributed by atoms with Gasteiger partial charge in [0.25, 0.3) is 0 Å². The molecule has 0 aromatic carbocycles. The van der Waals surface area contributed by atoms with Crippen LogP contribution in [0.5, 0.6) is 0 Å². The van der Waals surface area contributed by atoms with Crippen molar-refractivity contribution in [2.24, 2.45) is 10.1 Å². The van der Waals surface area contributed by atoms with Crippen LogP contribution in [0.25, 0.3) is 0 Å². The average Bonchev–Trinajstić information content (AvgIpc) is 1.94. The Kier molecular flexibility index (Phi) is 1.62. The maximum absolute atomic E-state index is 4.72. The van der Waals surface area contributed by atoms with Gasteiger partial charge in [-0.05, 0) is 6.92 Å². The van der Waals surface area contributed by atoms with Crippen LogP contribution in [0.3, 0.4) is 0 Å². The first-order valence-corrected chi connectivity index (χ1v) is 2.56. The predicted octanol–water partition coefficient (Wildman–Crippen LogP) is 0.811. The Morgan fingerprint density at radius 3 is 3.50 bits per heavy atom. The second kappa shape index (κ2) is 2.45. The standard InChI is InChI=1S/C5H8N2O/c1-5-2-3-8-7-4-6-5/h4H,2-3H2,1H3.